The van der Waals surface area contributed by atoms with Crippen LogP contribution in [-0.4, -0.2) is 42.0 Å². The van der Waals surface area contributed by atoms with Gasteiger partial charge in [-0.1, -0.05) is 12.2 Å². The quantitative estimate of drug-likeness (QED) is 0.502. The first-order chi connectivity index (χ1) is 5.86. The molecule has 0 saturated carbocycles. The van der Waals surface area contributed by atoms with Gasteiger partial charge in [-0.3, -0.25) is 4.90 Å². The van der Waals surface area contributed by atoms with Crippen molar-refractivity contribution in [2.45, 2.75) is 6.42 Å². The summed E-state index contributed by atoms with van der Waals surface area (Å²) in [5.74, 6) is 1.33. The number of hydrogen-bond donors (Lipinski definition) is 2. The van der Waals surface area contributed by atoms with Gasteiger partial charge in [0.25, 0.3) is 0 Å². The molecule has 1 saturated heterocycles. The number of aliphatic hydroxyl groups is 1. The van der Waals surface area contributed by atoms with Crippen molar-refractivity contribution < 1.29 is 5.11 Å². The molecule has 0 aromatic carbocycles. The van der Waals surface area contributed by atoms with Gasteiger partial charge in [0.2, 0.25) is 0 Å². The van der Waals surface area contributed by atoms with Crippen molar-refractivity contribution >= 4 is 12.6 Å². The van der Waals surface area contributed by atoms with Gasteiger partial charge in [-0.05, 0) is 18.9 Å². The number of rotatable bonds is 4. The van der Waals surface area contributed by atoms with E-state index in [1.54, 1.807) is 0 Å². The van der Waals surface area contributed by atoms with Crippen LogP contribution in [0, 0.1) is 5.92 Å². The third-order valence-electron chi connectivity index (χ3n) is 2.26. The number of thiol groups is 1. The Balaban J connectivity index is 2.14. The largest absolute Gasteiger partial charge is 0.396 e. The summed E-state index contributed by atoms with van der Waals surface area (Å²) in [6.45, 7) is 3.53. The monoisotopic (exact) mass is 187 g/mol. The lowest BCUT2D eigenvalue weighted by atomic mass is 10.1. The Kier molecular flexibility index (Phi) is 4.73. The zero-order valence-corrected chi connectivity index (χ0v) is 8.21. The van der Waals surface area contributed by atoms with Crippen LogP contribution < -0.4 is 0 Å². The standard InChI is InChI=1S/C9H17NOS/c11-8-9-3-5-10(7-9)4-1-2-6-12/h1-2,9,11-12H,3-8H2/b2-1+. The van der Waals surface area contributed by atoms with Crippen molar-refractivity contribution in [3.05, 3.63) is 12.2 Å². The number of nitrogens with zero attached hydrogens (tertiary/aromatic N) is 1. The fraction of sp³-hybridized carbons (Fsp3) is 0.778. The lowest BCUT2D eigenvalue weighted by Gasteiger charge is -2.11. The van der Waals surface area contributed by atoms with Crippen LogP contribution in [-0.2, 0) is 0 Å². The highest BCUT2D eigenvalue weighted by molar-refractivity contribution is 7.80. The van der Waals surface area contributed by atoms with Gasteiger partial charge in [0.15, 0.2) is 0 Å². The molecule has 1 aliphatic rings. The minimum Gasteiger partial charge on any atom is -0.396 e. The van der Waals surface area contributed by atoms with Gasteiger partial charge in [-0.2, -0.15) is 12.6 Å². The van der Waals surface area contributed by atoms with E-state index in [0.717, 1.165) is 31.8 Å². The van der Waals surface area contributed by atoms with E-state index in [9.17, 15) is 0 Å². The van der Waals surface area contributed by atoms with Gasteiger partial charge in [-0.15, -0.1) is 0 Å². The van der Waals surface area contributed by atoms with Crippen molar-refractivity contribution in [2.24, 2.45) is 5.92 Å². The van der Waals surface area contributed by atoms with E-state index in [2.05, 4.69) is 29.7 Å². The van der Waals surface area contributed by atoms with E-state index >= 15 is 0 Å². The SMILES string of the molecule is OCC1CCN(C/C=C/CS)C1. The third kappa shape index (κ3) is 3.17. The Labute approximate surface area is 79.7 Å². The maximum atomic E-state index is 8.90. The maximum Gasteiger partial charge on any atom is 0.0471 e. The van der Waals surface area contributed by atoms with E-state index in [-0.39, 0.29) is 0 Å². The maximum absolute atomic E-state index is 8.90. The highest BCUT2D eigenvalue weighted by Gasteiger charge is 2.19. The molecule has 0 aromatic heterocycles. The third-order valence-corrected chi connectivity index (χ3v) is 2.47. The molecule has 0 bridgehead atoms. The lowest BCUT2D eigenvalue weighted by molar-refractivity contribution is 0.225. The lowest BCUT2D eigenvalue weighted by Crippen LogP contribution is -2.21. The van der Waals surface area contributed by atoms with Crippen LogP contribution in [0.2, 0.25) is 0 Å². The smallest absolute Gasteiger partial charge is 0.0471 e. The summed E-state index contributed by atoms with van der Waals surface area (Å²) < 4.78 is 0. The van der Waals surface area contributed by atoms with Gasteiger partial charge in [0, 0.05) is 25.4 Å². The van der Waals surface area contributed by atoms with Crippen LogP contribution in [0.25, 0.3) is 0 Å². The Morgan fingerprint density at radius 3 is 2.92 bits per heavy atom. The van der Waals surface area contributed by atoms with E-state index in [1.165, 1.54) is 0 Å². The highest BCUT2D eigenvalue weighted by atomic mass is 32.1. The molecule has 0 radical (unpaired) electrons. The van der Waals surface area contributed by atoms with Gasteiger partial charge < -0.3 is 5.11 Å². The second-order valence-electron chi connectivity index (χ2n) is 3.25. The Hall–Kier alpha value is 0.01000. The molecule has 1 rings (SSSR count). The zero-order valence-electron chi connectivity index (χ0n) is 7.32. The van der Waals surface area contributed by atoms with Gasteiger partial charge in [-0.25, -0.2) is 0 Å². The number of aliphatic hydroxyl groups excluding tert-OH is 1. The van der Waals surface area contributed by atoms with Gasteiger partial charge in [0.05, 0.1) is 0 Å². The van der Waals surface area contributed by atoms with Crippen molar-refractivity contribution in [3.8, 4) is 0 Å². The predicted octanol–water partition coefficient (Wildman–Crippen LogP) is 0.787. The summed E-state index contributed by atoms with van der Waals surface area (Å²) in [5.41, 5.74) is 0. The van der Waals surface area contributed by atoms with Crippen molar-refractivity contribution in [1.29, 1.82) is 0 Å². The Morgan fingerprint density at radius 1 is 1.50 bits per heavy atom. The van der Waals surface area contributed by atoms with Crippen molar-refractivity contribution in [2.75, 3.05) is 32.0 Å². The summed E-state index contributed by atoms with van der Waals surface area (Å²) in [4.78, 5) is 2.36. The molecule has 1 unspecified atom stereocenters. The minimum absolute atomic E-state index is 0.340. The zero-order chi connectivity index (χ0) is 8.81. The molecule has 1 aliphatic heterocycles. The van der Waals surface area contributed by atoms with Gasteiger partial charge in [0.1, 0.15) is 0 Å². The highest BCUT2D eigenvalue weighted by Crippen LogP contribution is 2.14. The van der Waals surface area contributed by atoms with E-state index in [1.807, 2.05) is 0 Å². The first kappa shape index (κ1) is 10.1. The average molecular weight is 187 g/mol. The van der Waals surface area contributed by atoms with E-state index in [0.29, 0.717) is 12.5 Å². The Morgan fingerprint density at radius 2 is 2.33 bits per heavy atom. The molecule has 12 heavy (non-hydrogen) atoms. The molecular formula is C9H17NOS. The van der Waals surface area contributed by atoms with E-state index in [4.69, 9.17) is 5.11 Å². The van der Waals surface area contributed by atoms with Crippen molar-refractivity contribution in [1.82, 2.24) is 4.90 Å². The number of likely N-dealkylation sites (tertiary alicyclic amines) is 1. The summed E-state index contributed by atoms with van der Waals surface area (Å²) >= 11 is 4.09. The molecule has 1 N–H and O–H groups in total. The summed E-state index contributed by atoms with van der Waals surface area (Å²) in [6.07, 6.45) is 5.35. The Bertz CT molecular complexity index is 149. The second-order valence-corrected chi connectivity index (χ2v) is 3.62. The molecule has 0 spiro atoms. The van der Waals surface area contributed by atoms with Crippen LogP contribution >= 0.6 is 12.6 Å². The first-order valence-electron chi connectivity index (χ1n) is 4.46. The fourth-order valence-electron chi connectivity index (χ4n) is 1.53. The molecule has 1 heterocycles. The fourth-order valence-corrected chi connectivity index (χ4v) is 1.67. The van der Waals surface area contributed by atoms with Crippen LogP contribution in [0.4, 0.5) is 0 Å². The normalized spacial score (nSPS) is 25.7. The molecule has 70 valence electrons. The van der Waals surface area contributed by atoms with E-state index < -0.39 is 0 Å². The molecule has 1 fully saturated rings. The van der Waals surface area contributed by atoms with Gasteiger partial charge >= 0.3 is 0 Å². The molecule has 0 aliphatic carbocycles. The average Bonchev–Trinajstić information content (AvgIpc) is 2.53. The minimum atomic E-state index is 0.340. The van der Waals surface area contributed by atoms with Crippen LogP contribution in [0.5, 0.6) is 0 Å². The summed E-state index contributed by atoms with van der Waals surface area (Å²) in [5, 5.41) is 8.90. The summed E-state index contributed by atoms with van der Waals surface area (Å²) in [7, 11) is 0. The van der Waals surface area contributed by atoms with Crippen LogP contribution in [0.3, 0.4) is 0 Å². The first-order valence-corrected chi connectivity index (χ1v) is 5.09. The van der Waals surface area contributed by atoms with Crippen molar-refractivity contribution in [3.63, 3.8) is 0 Å². The molecule has 3 heteroatoms. The number of hydrogen-bond acceptors (Lipinski definition) is 3. The summed E-state index contributed by atoms with van der Waals surface area (Å²) in [6, 6.07) is 0. The molecular weight excluding hydrogens is 170 g/mol. The van der Waals surface area contributed by atoms with Crippen LogP contribution in [0.15, 0.2) is 12.2 Å². The molecule has 2 nitrogen and oxygen atoms in total. The molecule has 0 aromatic rings. The predicted molar refractivity (Wildman–Crippen MR) is 54.6 cm³/mol. The van der Waals surface area contributed by atoms with Crippen LogP contribution in [0.1, 0.15) is 6.42 Å². The molecule has 0 amide bonds. The molecule has 1 atom stereocenters. The second kappa shape index (κ2) is 5.62. The topological polar surface area (TPSA) is 23.5 Å².